The van der Waals surface area contributed by atoms with Gasteiger partial charge in [0.15, 0.2) is 10.5 Å². The predicted octanol–water partition coefficient (Wildman–Crippen LogP) is 1.39. The fourth-order valence-corrected chi connectivity index (χ4v) is 2.70. The van der Waals surface area contributed by atoms with E-state index in [9.17, 15) is 14.4 Å². The molecule has 6 nitrogen and oxygen atoms in total. The molecule has 0 spiro atoms. The molecule has 2 rings (SSSR count). The van der Waals surface area contributed by atoms with E-state index in [4.69, 9.17) is 17.0 Å². The summed E-state index contributed by atoms with van der Waals surface area (Å²) in [4.78, 5) is 39.1. The van der Waals surface area contributed by atoms with Gasteiger partial charge in [0.1, 0.15) is 0 Å². The lowest BCUT2D eigenvalue weighted by Gasteiger charge is -2.39. The summed E-state index contributed by atoms with van der Waals surface area (Å²) in [6, 6.07) is 8.49. The number of thiocarbonyl (C=S) groups is 1. The van der Waals surface area contributed by atoms with Gasteiger partial charge >= 0.3 is 5.97 Å². The highest BCUT2D eigenvalue weighted by Crippen LogP contribution is 2.33. The molecule has 1 unspecified atom stereocenters. The standard InChI is InChI=1S/C17H20N2O4S/c1-11(2)10-23-13(20)9-17(12-7-5-4-6-8-12)14(21)18-16(24)19(3)15(17)22/h4-8,11H,9-10H2,1-3H3,(H,18,21,24). The van der Waals surface area contributed by atoms with Crippen molar-refractivity contribution in [2.45, 2.75) is 25.7 Å². The molecule has 0 bridgehead atoms. The second-order valence-corrected chi connectivity index (χ2v) is 6.54. The molecule has 1 aromatic rings. The lowest BCUT2D eigenvalue weighted by Crippen LogP contribution is -2.65. The molecule has 0 aliphatic carbocycles. The van der Waals surface area contributed by atoms with Crippen LogP contribution in [0.15, 0.2) is 30.3 Å². The van der Waals surface area contributed by atoms with E-state index >= 15 is 0 Å². The number of carbonyl (C=O) groups is 3. The summed E-state index contributed by atoms with van der Waals surface area (Å²) < 4.78 is 5.19. The number of benzene rings is 1. The zero-order chi connectivity index (χ0) is 17.9. The van der Waals surface area contributed by atoms with Crippen molar-refractivity contribution in [1.82, 2.24) is 10.2 Å². The quantitative estimate of drug-likeness (QED) is 0.494. The average molecular weight is 348 g/mol. The second kappa shape index (κ2) is 7.09. The molecule has 1 heterocycles. The first kappa shape index (κ1) is 18.1. The van der Waals surface area contributed by atoms with Crippen LogP contribution < -0.4 is 5.32 Å². The number of likely N-dealkylation sites (N-methyl/N-ethyl adjacent to an activating group) is 1. The lowest BCUT2D eigenvalue weighted by atomic mass is 9.74. The maximum atomic E-state index is 12.9. The molecule has 0 saturated carbocycles. The fourth-order valence-electron chi connectivity index (χ4n) is 2.53. The number of nitrogens with one attached hydrogen (secondary N) is 1. The van der Waals surface area contributed by atoms with Crippen molar-refractivity contribution in [3.8, 4) is 0 Å². The van der Waals surface area contributed by atoms with Crippen LogP contribution in [0.25, 0.3) is 0 Å². The van der Waals surface area contributed by atoms with Crippen molar-refractivity contribution in [2.24, 2.45) is 5.92 Å². The molecule has 1 saturated heterocycles. The Morgan fingerprint density at radius 1 is 1.29 bits per heavy atom. The molecular weight excluding hydrogens is 328 g/mol. The molecule has 1 atom stereocenters. The van der Waals surface area contributed by atoms with E-state index < -0.39 is 23.2 Å². The molecule has 1 aliphatic heterocycles. The first-order chi connectivity index (χ1) is 11.3. The summed E-state index contributed by atoms with van der Waals surface area (Å²) in [5, 5.41) is 2.53. The normalized spacial score (nSPS) is 21.0. The monoisotopic (exact) mass is 348 g/mol. The van der Waals surface area contributed by atoms with Crippen LogP contribution in [0, 0.1) is 5.92 Å². The Hall–Kier alpha value is -2.28. The largest absolute Gasteiger partial charge is 0.465 e. The predicted molar refractivity (Wildman–Crippen MR) is 92.0 cm³/mol. The van der Waals surface area contributed by atoms with Gasteiger partial charge in [0.2, 0.25) is 11.8 Å². The van der Waals surface area contributed by atoms with E-state index in [1.807, 2.05) is 13.8 Å². The van der Waals surface area contributed by atoms with Crippen LogP contribution in [-0.4, -0.2) is 41.5 Å². The van der Waals surface area contributed by atoms with E-state index in [0.717, 1.165) is 0 Å². The van der Waals surface area contributed by atoms with Gasteiger partial charge in [-0.1, -0.05) is 44.2 Å². The minimum atomic E-state index is -1.67. The maximum Gasteiger partial charge on any atom is 0.307 e. The number of rotatable bonds is 5. The molecule has 1 N–H and O–H groups in total. The second-order valence-electron chi connectivity index (χ2n) is 6.15. The van der Waals surface area contributed by atoms with Gasteiger partial charge < -0.3 is 10.1 Å². The zero-order valence-electron chi connectivity index (χ0n) is 13.9. The SMILES string of the molecule is CC(C)COC(=O)CC1(c2ccccc2)C(=O)NC(=S)N(C)C1=O. The summed E-state index contributed by atoms with van der Waals surface area (Å²) in [5.41, 5.74) is -1.24. The first-order valence-corrected chi connectivity index (χ1v) is 8.04. The van der Waals surface area contributed by atoms with Crippen molar-refractivity contribution in [1.29, 1.82) is 0 Å². The molecule has 128 valence electrons. The van der Waals surface area contributed by atoms with Gasteiger partial charge in [0.05, 0.1) is 13.0 Å². The van der Waals surface area contributed by atoms with Crippen molar-refractivity contribution >= 4 is 35.1 Å². The van der Waals surface area contributed by atoms with Crippen molar-refractivity contribution < 1.29 is 19.1 Å². The Labute approximate surface area is 146 Å². The Kier molecular flexibility index (Phi) is 5.33. The minimum Gasteiger partial charge on any atom is -0.465 e. The van der Waals surface area contributed by atoms with Gasteiger partial charge in [0.25, 0.3) is 0 Å². The van der Waals surface area contributed by atoms with Gasteiger partial charge in [-0.3, -0.25) is 19.3 Å². The number of hydrogen-bond donors (Lipinski definition) is 1. The molecule has 1 fully saturated rings. The van der Waals surface area contributed by atoms with Gasteiger partial charge in [-0.05, 0) is 23.7 Å². The zero-order valence-corrected chi connectivity index (χ0v) is 14.7. The van der Waals surface area contributed by atoms with Gasteiger partial charge in [-0.15, -0.1) is 0 Å². The fraction of sp³-hybridized carbons (Fsp3) is 0.412. The lowest BCUT2D eigenvalue weighted by molar-refractivity contribution is -0.154. The molecule has 1 aromatic carbocycles. The number of carbonyl (C=O) groups excluding carboxylic acids is 3. The third kappa shape index (κ3) is 3.31. The number of amides is 2. The van der Waals surface area contributed by atoms with Crippen LogP contribution in [0.3, 0.4) is 0 Å². The third-order valence-electron chi connectivity index (χ3n) is 3.84. The smallest absolute Gasteiger partial charge is 0.307 e. The Morgan fingerprint density at radius 3 is 2.50 bits per heavy atom. The Morgan fingerprint density at radius 2 is 1.92 bits per heavy atom. The van der Waals surface area contributed by atoms with Crippen LogP contribution in [0.4, 0.5) is 0 Å². The molecule has 2 amide bonds. The summed E-state index contributed by atoms with van der Waals surface area (Å²) in [6.07, 6.45) is -0.374. The van der Waals surface area contributed by atoms with Crippen LogP contribution in [0.5, 0.6) is 0 Å². The van der Waals surface area contributed by atoms with Crippen LogP contribution in [0.1, 0.15) is 25.8 Å². The van der Waals surface area contributed by atoms with E-state index in [1.165, 1.54) is 11.9 Å². The molecular formula is C17H20N2O4S. The van der Waals surface area contributed by atoms with E-state index in [-0.39, 0.29) is 24.1 Å². The number of esters is 1. The number of hydrogen-bond acceptors (Lipinski definition) is 5. The molecule has 0 radical (unpaired) electrons. The Bertz CT molecular complexity index is 674. The number of nitrogens with zero attached hydrogens (tertiary/aromatic N) is 1. The minimum absolute atomic E-state index is 0.0205. The van der Waals surface area contributed by atoms with E-state index in [0.29, 0.717) is 5.56 Å². The maximum absolute atomic E-state index is 12.9. The molecule has 1 aliphatic rings. The summed E-state index contributed by atoms with van der Waals surface area (Å²) in [6.45, 7) is 4.05. The summed E-state index contributed by atoms with van der Waals surface area (Å²) in [5.74, 6) is -1.59. The van der Waals surface area contributed by atoms with Crippen LogP contribution in [0.2, 0.25) is 0 Å². The highest BCUT2D eigenvalue weighted by atomic mass is 32.1. The van der Waals surface area contributed by atoms with E-state index in [2.05, 4.69) is 5.32 Å². The molecule has 24 heavy (non-hydrogen) atoms. The molecule has 7 heteroatoms. The van der Waals surface area contributed by atoms with Crippen LogP contribution >= 0.6 is 12.2 Å². The summed E-state index contributed by atoms with van der Waals surface area (Å²) in [7, 11) is 1.47. The third-order valence-corrected chi connectivity index (χ3v) is 4.21. The Balaban J connectivity index is 2.43. The van der Waals surface area contributed by atoms with Crippen molar-refractivity contribution in [3.05, 3.63) is 35.9 Å². The highest BCUT2D eigenvalue weighted by Gasteiger charge is 2.54. The van der Waals surface area contributed by atoms with Crippen LogP contribution in [-0.2, 0) is 24.5 Å². The van der Waals surface area contributed by atoms with Gasteiger partial charge in [-0.25, -0.2) is 0 Å². The van der Waals surface area contributed by atoms with E-state index in [1.54, 1.807) is 30.3 Å². The first-order valence-electron chi connectivity index (χ1n) is 7.63. The van der Waals surface area contributed by atoms with Crippen molar-refractivity contribution in [3.63, 3.8) is 0 Å². The highest BCUT2D eigenvalue weighted by molar-refractivity contribution is 7.80. The topological polar surface area (TPSA) is 75.7 Å². The van der Waals surface area contributed by atoms with Crippen molar-refractivity contribution in [2.75, 3.05) is 13.7 Å². The average Bonchev–Trinajstić information content (AvgIpc) is 2.56. The van der Waals surface area contributed by atoms with Gasteiger partial charge in [0, 0.05) is 7.05 Å². The molecule has 0 aromatic heterocycles. The summed E-state index contributed by atoms with van der Waals surface area (Å²) >= 11 is 4.99. The van der Waals surface area contributed by atoms with Gasteiger partial charge in [-0.2, -0.15) is 0 Å². The number of ether oxygens (including phenoxy) is 1.